The van der Waals surface area contributed by atoms with Crippen LogP contribution in [-0.2, 0) is 6.18 Å². The van der Waals surface area contributed by atoms with Crippen LogP contribution in [0.3, 0.4) is 0 Å². The van der Waals surface area contributed by atoms with Crippen molar-refractivity contribution in [3.05, 3.63) is 54.1 Å². The van der Waals surface area contributed by atoms with Gasteiger partial charge in [-0.25, -0.2) is 9.97 Å². The maximum Gasteiger partial charge on any atom is 0.417 e. The molecule has 0 radical (unpaired) electrons. The Hall–Kier alpha value is -2.83. The lowest BCUT2D eigenvalue weighted by Gasteiger charge is -2.13. The predicted octanol–water partition coefficient (Wildman–Crippen LogP) is 4.93. The molecule has 4 aromatic rings. The van der Waals surface area contributed by atoms with Crippen molar-refractivity contribution >= 4 is 45.3 Å². The molecule has 29 heavy (non-hydrogen) atoms. The number of pyridine rings is 1. The first-order chi connectivity index (χ1) is 13.9. The third-order valence-electron chi connectivity index (χ3n) is 3.80. The highest BCUT2D eigenvalue weighted by Gasteiger charge is 2.34. The van der Waals surface area contributed by atoms with Crippen LogP contribution in [0.15, 0.2) is 42.7 Å². The van der Waals surface area contributed by atoms with Crippen LogP contribution in [0.2, 0.25) is 0 Å². The molecular formula is C18H15F3IN7. The third kappa shape index (κ3) is 4.60. The second-order valence-electron chi connectivity index (χ2n) is 5.70. The van der Waals surface area contributed by atoms with Gasteiger partial charge in [0, 0.05) is 18.0 Å². The standard InChI is InChI=1S/C17H12F3N7.CH3I/c1-9-22-16(27-26-9)25-15-11-8-21-7-6-13(11)23-14(24-15)10-4-2-3-5-12(10)17(18,19)20;1-2/h2-8H,1H3,(H2,22,23,24,25,26,27);1H3. The molecule has 0 aliphatic rings. The Balaban J connectivity index is 0.00000117. The molecule has 0 amide bonds. The van der Waals surface area contributed by atoms with Gasteiger partial charge >= 0.3 is 6.18 Å². The maximum absolute atomic E-state index is 13.4. The van der Waals surface area contributed by atoms with Crippen LogP contribution in [0.25, 0.3) is 22.3 Å². The van der Waals surface area contributed by atoms with Crippen LogP contribution < -0.4 is 5.32 Å². The van der Waals surface area contributed by atoms with Gasteiger partial charge in [-0.1, -0.05) is 40.8 Å². The molecule has 0 bridgehead atoms. The summed E-state index contributed by atoms with van der Waals surface area (Å²) >= 11 is 2.15. The molecule has 0 saturated carbocycles. The van der Waals surface area contributed by atoms with Crippen molar-refractivity contribution in [2.24, 2.45) is 0 Å². The summed E-state index contributed by atoms with van der Waals surface area (Å²) in [6.45, 7) is 1.73. The summed E-state index contributed by atoms with van der Waals surface area (Å²) in [4.78, 5) is 18.7. The van der Waals surface area contributed by atoms with Crippen LogP contribution in [0, 0.1) is 6.92 Å². The number of aromatic nitrogens is 6. The van der Waals surface area contributed by atoms with Gasteiger partial charge in [0.05, 0.1) is 16.5 Å². The largest absolute Gasteiger partial charge is 0.417 e. The van der Waals surface area contributed by atoms with E-state index in [4.69, 9.17) is 0 Å². The number of nitrogens with zero attached hydrogens (tertiary/aromatic N) is 5. The van der Waals surface area contributed by atoms with Crippen LogP contribution in [0.4, 0.5) is 24.9 Å². The van der Waals surface area contributed by atoms with E-state index in [1.165, 1.54) is 30.6 Å². The minimum atomic E-state index is -4.53. The summed E-state index contributed by atoms with van der Waals surface area (Å²) in [5, 5.41) is 10.1. The first-order valence-electron chi connectivity index (χ1n) is 8.24. The second kappa shape index (κ2) is 8.68. The van der Waals surface area contributed by atoms with E-state index in [1.54, 1.807) is 13.0 Å². The fourth-order valence-corrected chi connectivity index (χ4v) is 2.62. The van der Waals surface area contributed by atoms with Crippen molar-refractivity contribution in [3.8, 4) is 11.4 Å². The number of hydrogen-bond donors (Lipinski definition) is 2. The fraction of sp³-hybridized carbons (Fsp3) is 0.167. The number of fused-ring (bicyclic) bond motifs is 1. The average Bonchev–Trinajstić information content (AvgIpc) is 3.13. The number of hydrogen-bond acceptors (Lipinski definition) is 6. The number of nitrogens with one attached hydrogen (secondary N) is 2. The lowest BCUT2D eigenvalue weighted by atomic mass is 10.1. The third-order valence-corrected chi connectivity index (χ3v) is 3.80. The molecule has 0 fully saturated rings. The van der Waals surface area contributed by atoms with Gasteiger partial charge in [-0.05, 0) is 24.0 Å². The van der Waals surface area contributed by atoms with E-state index in [9.17, 15) is 13.2 Å². The van der Waals surface area contributed by atoms with E-state index in [0.717, 1.165) is 6.07 Å². The summed E-state index contributed by atoms with van der Waals surface area (Å²) in [6, 6.07) is 6.78. The van der Waals surface area contributed by atoms with Gasteiger partial charge in [0.2, 0.25) is 5.95 Å². The summed E-state index contributed by atoms with van der Waals surface area (Å²) in [5.74, 6) is 1.03. The number of H-pyrrole nitrogens is 1. The lowest BCUT2D eigenvalue weighted by Crippen LogP contribution is -2.09. The summed E-state index contributed by atoms with van der Waals surface area (Å²) < 4.78 is 40.2. The molecule has 0 atom stereocenters. The van der Waals surface area contributed by atoms with E-state index < -0.39 is 11.7 Å². The van der Waals surface area contributed by atoms with Crippen molar-refractivity contribution < 1.29 is 13.2 Å². The number of benzene rings is 1. The number of halogens is 4. The highest BCUT2D eigenvalue weighted by molar-refractivity contribution is 14.1. The molecule has 0 aliphatic carbocycles. The topological polar surface area (TPSA) is 92.3 Å². The van der Waals surface area contributed by atoms with Crippen LogP contribution in [0.1, 0.15) is 11.4 Å². The van der Waals surface area contributed by atoms with Gasteiger partial charge in [0.25, 0.3) is 0 Å². The minimum Gasteiger partial charge on any atom is -0.307 e. The first kappa shape index (κ1) is 20.9. The molecule has 11 heteroatoms. The van der Waals surface area contributed by atoms with E-state index in [-0.39, 0.29) is 23.2 Å². The average molecular weight is 513 g/mol. The van der Waals surface area contributed by atoms with Gasteiger partial charge < -0.3 is 5.32 Å². The minimum absolute atomic E-state index is 0.0589. The smallest absolute Gasteiger partial charge is 0.307 e. The Morgan fingerprint density at radius 2 is 1.79 bits per heavy atom. The summed E-state index contributed by atoms with van der Waals surface area (Å²) in [6.07, 6.45) is -1.49. The monoisotopic (exact) mass is 513 g/mol. The van der Waals surface area contributed by atoms with E-state index in [0.29, 0.717) is 16.7 Å². The zero-order chi connectivity index (χ0) is 21.0. The number of alkyl halides is 4. The number of aryl methyl sites for hydroxylation is 1. The molecule has 7 nitrogen and oxygen atoms in total. The van der Waals surface area contributed by atoms with Gasteiger partial charge in [0.15, 0.2) is 5.82 Å². The molecule has 0 spiro atoms. The Morgan fingerprint density at radius 3 is 2.48 bits per heavy atom. The van der Waals surface area contributed by atoms with Crippen molar-refractivity contribution in [1.82, 2.24) is 30.1 Å². The SMILES string of the molecule is CI.Cc1nc(Nc2nc(-c3ccccc3C(F)(F)F)nc3ccncc23)n[nH]1. The Labute approximate surface area is 177 Å². The van der Waals surface area contributed by atoms with Crippen molar-refractivity contribution in [2.75, 3.05) is 10.2 Å². The Kier molecular flexibility index (Phi) is 6.25. The van der Waals surface area contributed by atoms with Gasteiger partial charge in [0.1, 0.15) is 11.6 Å². The van der Waals surface area contributed by atoms with Crippen LogP contribution in [0.5, 0.6) is 0 Å². The van der Waals surface area contributed by atoms with E-state index >= 15 is 0 Å². The quantitative estimate of drug-likeness (QED) is 0.298. The summed E-state index contributed by atoms with van der Waals surface area (Å²) in [5.41, 5.74) is -0.474. The lowest BCUT2D eigenvalue weighted by molar-refractivity contribution is -0.137. The van der Waals surface area contributed by atoms with Crippen molar-refractivity contribution in [3.63, 3.8) is 0 Å². The van der Waals surface area contributed by atoms with Crippen LogP contribution in [-0.4, -0.2) is 35.1 Å². The van der Waals surface area contributed by atoms with E-state index in [1.807, 2.05) is 4.93 Å². The molecule has 3 aromatic heterocycles. The first-order valence-corrected chi connectivity index (χ1v) is 10.4. The maximum atomic E-state index is 13.4. The molecule has 4 rings (SSSR count). The Morgan fingerprint density at radius 1 is 1.03 bits per heavy atom. The van der Waals surface area contributed by atoms with Crippen molar-refractivity contribution in [1.29, 1.82) is 0 Å². The van der Waals surface area contributed by atoms with Crippen molar-refractivity contribution in [2.45, 2.75) is 13.1 Å². The summed E-state index contributed by atoms with van der Waals surface area (Å²) in [7, 11) is 0. The molecule has 3 heterocycles. The zero-order valence-electron chi connectivity index (χ0n) is 15.3. The molecule has 1 aromatic carbocycles. The van der Waals surface area contributed by atoms with Gasteiger partial charge in [-0.3, -0.25) is 10.1 Å². The Bertz CT molecular complexity index is 1130. The molecular weight excluding hydrogens is 498 g/mol. The molecule has 0 unspecified atom stereocenters. The number of anilines is 2. The van der Waals surface area contributed by atoms with Crippen LogP contribution >= 0.6 is 22.6 Å². The second-order valence-corrected chi connectivity index (χ2v) is 5.70. The normalized spacial score (nSPS) is 11.1. The van der Waals surface area contributed by atoms with E-state index in [2.05, 4.69) is 58.0 Å². The fourth-order valence-electron chi connectivity index (χ4n) is 2.62. The number of rotatable bonds is 3. The number of aromatic amines is 1. The zero-order valence-corrected chi connectivity index (χ0v) is 17.4. The molecule has 2 N–H and O–H groups in total. The van der Waals surface area contributed by atoms with Gasteiger partial charge in [-0.2, -0.15) is 18.2 Å². The highest BCUT2D eigenvalue weighted by atomic mass is 127. The molecule has 0 aliphatic heterocycles. The molecule has 150 valence electrons. The predicted molar refractivity (Wildman–Crippen MR) is 112 cm³/mol. The highest BCUT2D eigenvalue weighted by Crippen LogP contribution is 2.36. The van der Waals surface area contributed by atoms with Gasteiger partial charge in [-0.15, -0.1) is 5.10 Å². The molecule has 0 saturated heterocycles.